The van der Waals surface area contributed by atoms with Crippen LogP contribution in [-0.4, -0.2) is 24.2 Å². The molecule has 0 saturated heterocycles. The molecule has 2 aliphatic rings. The summed E-state index contributed by atoms with van der Waals surface area (Å²) < 4.78 is 0. The van der Waals surface area contributed by atoms with Gasteiger partial charge in [0.05, 0.1) is 16.9 Å². The molecule has 0 atom stereocenters. The van der Waals surface area contributed by atoms with Crippen molar-refractivity contribution in [2.75, 3.05) is 23.8 Å². The molecule has 1 saturated carbocycles. The molecule has 1 fully saturated rings. The van der Waals surface area contributed by atoms with Crippen molar-refractivity contribution in [3.8, 4) is 5.75 Å². The molecular weight excluding hydrogens is 212 g/mol. The number of hydrogen-bond acceptors (Lipinski definition) is 3. The number of nitrogens with zero attached hydrogens (tertiary/aromatic N) is 1. The van der Waals surface area contributed by atoms with E-state index < -0.39 is 0 Å². The second-order valence-corrected chi connectivity index (χ2v) is 5.40. The van der Waals surface area contributed by atoms with Gasteiger partial charge in [-0.05, 0) is 25.0 Å². The molecule has 0 aromatic heterocycles. The van der Waals surface area contributed by atoms with Crippen LogP contribution in [0.3, 0.4) is 0 Å². The number of fused-ring (bicyclic) bond motifs is 1. The number of aromatic hydroxyl groups is 1. The van der Waals surface area contributed by atoms with E-state index in [-0.39, 0.29) is 0 Å². The van der Waals surface area contributed by atoms with E-state index in [1.807, 2.05) is 12.1 Å². The third-order valence-electron chi connectivity index (χ3n) is 4.45. The maximum absolute atomic E-state index is 9.52. The van der Waals surface area contributed by atoms with Crippen molar-refractivity contribution in [3.63, 3.8) is 0 Å². The number of nitrogens with one attached hydrogen (secondary N) is 1. The quantitative estimate of drug-likeness (QED) is 0.722. The van der Waals surface area contributed by atoms with Crippen LogP contribution in [0.4, 0.5) is 11.4 Å². The Labute approximate surface area is 102 Å². The molecule has 1 aliphatic heterocycles. The largest absolute Gasteiger partial charge is 0.508 e. The van der Waals surface area contributed by atoms with Gasteiger partial charge in [-0.3, -0.25) is 0 Å². The minimum atomic E-state index is 0.294. The first kappa shape index (κ1) is 10.8. The normalized spacial score (nSPS) is 22.1. The number of hydrogen-bond donors (Lipinski definition) is 2. The molecule has 0 radical (unpaired) electrons. The van der Waals surface area contributed by atoms with E-state index >= 15 is 0 Å². The van der Waals surface area contributed by atoms with Gasteiger partial charge in [0.15, 0.2) is 0 Å². The summed E-state index contributed by atoms with van der Waals surface area (Å²) in [7, 11) is 2.20. The number of rotatable bonds is 0. The topological polar surface area (TPSA) is 35.5 Å². The molecule has 17 heavy (non-hydrogen) atoms. The summed E-state index contributed by atoms with van der Waals surface area (Å²) in [6.07, 6.45) is 6.59. The molecule has 92 valence electrons. The summed E-state index contributed by atoms with van der Waals surface area (Å²) in [6.45, 7) is 1.000. The van der Waals surface area contributed by atoms with Crippen molar-refractivity contribution in [2.24, 2.45) is 0 Å². The minimum absolute atomic E-state index is 0.294. The van der Waals surface area contributed by atoms with Crippen LogP contribution in [0, 0.1) is 0 Å². The van der Waals surface area contributed by atoms with E-state index in [1.165, 1.54) is 37.8 Å². The van der Waals surface area contributed by atoms with E-state index in [1.54, 1.807) is 6.07 Å². The third-order valence-corrected chi connectivity index (χ3v) is 4.45. The number of phenols is 1. The van der Waals surface area contributed by atoms with E-state index in [4.69, 9.17) is 0 Å². The number of likely N-dealkylation sites (N-methyl/N-ethyl adjacent to an activating group) is 1. The second-order valence-electron chi connectivity index (χ2n) is 5.40. The van der Waals surface area contributed by atoms with Crippen molar-refractivity contribution in [3.05, 3.63) is 18.2 Å². The predicted octanol–water partition coefficient (Wildman–Crippen LogP) is 2.96. The Morgan fingerprint density at radius 1 is 1.24 bits per heavy atom. The average molecular weight is 232 g/mol. The first-order chi connectivity index (χ1) is 8.21. The first-order valence-corrected chi connectivity index (χ1v) is 6.52. The Morgan fingerprint density at radius 3 is 2.76 bits per heavy atom. The average Bonchev–Trinajstić information content (AvgIpc) is 2.36. The smallest absolute Gasteiger partial charge is 0.117 e. The molecule has 3 rings (SSSR count). The van der Waals surface area contributed by atoms with Crippen molar-refractivity contribution >= 4 is 11.4 Å². The summed E-state index contributed by atoms with van der Waals surface area (Å²) in [6, 6.07) is 5.62. The maximum Gasteiger partial charge on any atom is 0.117 e. The summed E-state index contributed by atoms with van der Waals surface area (Å²) in [5.74, 6) is 0.337. The highest BCUT2D eigenvalue weighted by molar-refractivity contribution is 5.75. The summed E-state index contributed by atoms with van der Waals surface area (Å²) >= 11 is 0. The van der Waals surface area contributed by atoms with Gasteiger partial charge in [0.1, 0.15) is 5.75 Å². The van der Waals surface area contributed by atoms with Crippen LogP contribution in [0.5, 0.6) is 5.75 Å². The Kier molecular flexibility index (Phi) is 2.42. The van der Waals surface area contributed by atoms with Gasteiger partial charge < -0.3 is 15.3 Å². The molecule has 1 heterocycles. The van der Waals surface area contributed by atoms with Gasteiger partial charge >= 0.3 is 0 Å². The van der Waals surface area contributed by atoms with Crippen LogP contribution in [0.15, 0.2) is 18.2 Å². The Balaban J connectivity index is 1.96. The highest BCUT2D eigenvalue weighted by Gasteiger charge is 2.39. The van der Waals surface area contributed by atoms with Gasteiger partial charge in [0.2, 0.25) is 0 Å². The third kappa shape index (κ3) is 1.65. The standard InChI is InChI=1S/C14H20N2O/c1-16-13-6-5-11(17)9-12(13)15-10-14(16)7-3-2-4-8-14/h5-6,9,15,17H,2-4,7-8,10H2,1H3. The SMILES string of the molecule is CN1c2ccc(O)cc2NCC12CCCCC2. The maximum atomic E-state index is 9.52. The van der Waals surface area contributed by atoms with Crippen LogP contribution in [0.1, 0.15) is 32.1 Å². The molecular formula is C14H20N2O. The zero-order valence-corrected chi connectivity index (χ0v) is 10.4. The zero-order chi connectivity index (χ0) is 11.9. The highest BCUT2D eigenvalue weighted by atomic mass is 16.3. The highest BCUT2D eigenvalue weighted by Crippen LogP contribution is 2.43. The van der Waals surface area contributed by atoms with E-state index in [2.05, 4.69) is 17.3 Å². The fraction of sp³-hybridized carbons (Fsp3) is 0.571. The molecule has 3 heteroatoms. The Bertz CT molecular complexity index is 424. The van der Waals surface area contributed by atoms with E-state index in [0.29, 0.717) is 11.3 Å². The van der Waals surface area contributed by atoms with Crippen LogP contribution in [0.25, 0.3) is 0 Å². The number of anilines is 2. The lowest BCUT2D eigenvalue weighted by molar-refractivity contribution is 0.294. The minimum Gasteiger partial charge on any atom is -0.508 e. The summed E-state index contributed by atoms with van der Waals surface area (Å²) in [5, 5.41) is 13.0. The van der Waals surface area contributed by atoms with Crippen LogP contribution in [-0.2, 0) is 0 Å². The van der Waals surface area contributed by atoms with Gasteiger partial charge in [-0.15, -0.1) is 0 Å². The zero-order valence-electron chi connectivity index (χ0n) is 10.4. The Morgan fingerprint density at radius 2 is 2.00 bits per heavy atom. The molecule has 0 amide bonds. The number of phenolic OH excluding ortho intramolecular Hbond substituents is 1. The molecule has 0 bridgehead atoms. The lowest BCUT2D eigenvalue weighted by Crippen LogP contribution is -2.55. The van der Waals surface area contributed by atoms with Gasteiger partial charge in [0.25, 0.3) is 0 Å². The Hall–Kier alpha value is -1.38. The summed E-state index contributed by atoms with van der Waals surface area (Å²) in [5.41, 5.74) is 2.57. The summed E-state index contributed by atoms with van der Waals surface area (Å²) in [4.78, 5) is 2.43. The molecule has 3 nitrogen and oxygen atoms in total. The van der Waals surface area contributed by atoms with Crippen LogP contribution >= 0.6 is 0 Å². The first-order valence-electron chi connectivity index (χ1n) is 6.52. The van der Waals surface area contributed by atoms with Crippen molar-refractivity contribution in [1.29, 1.82) is 0 Å². The molecule has 1 aliphatic carbocycles. The van der Waals surface area contributed by atoms with E-state index in [0.717, 1.165) is 12.2 Å². The molecule has 1 spiro atoms. The van der Waals surface area contributed by atoms with Crippen molar-refractivity contribution in [1.82, 2.24) is 0 Å². The number of benzene rings is 1. The lowest BCUT2D eigenvalue weighted by atomic mass is 9.79. The molecule has 2 N–H and O–H groups in total. The second kappa shape index (κ2) is 3.83. The molecule has 1 aromatic carbocycles. The van der Waals surface area contributed by atoms with Crippen LogP contribution < -0.4 is 10.2 Å². The monoisotopic (exact) mass is 232 g/mol. The fourth-order valence-corrected chi connectivity index (χ4v) is 3.31. The predicted molar refractivity (Wildman–Crippen MR) is 70.8 cm³/mol. The molecule has 1 aromatic rings. The van der Waals surface area contributed by atoms with Crippen molar-refractivity contribution in [2.45, 2.75) is 37.6 Å². The lowest BCUT2D eigenvalue weighted by Gasteiger charge is -2.50. The fourth-order valence-electron chi connectivity index (χ4n) is 3.31. The van der Waals surface area contributed by atoms with Crippen LogP contribution in [0.2, 0.25) is 0 Å². The molecule has 0 unspecified atom stereocenters. The van der Waals surface area contributed by atoms with Gasteiger partial charge in [-0.1, -0.05) is 19.3 Å². The van der Waals surface area contributed by atoms with E-state index in [9.17, 15) is 5.11 Å². The van der Waals surface area contributed by atoms with Gasteiger partial charge in [-0.2, -0.15) is 0 Å². The van der Waals surface area contributed by atoms with Crippen molar-refractivity contribution < 1.29 is 5.11 Å². The van der Waals surface area contributed by atoms with Gasteiger partial charge in [0, 0.05) is 19.7 Å². The van der Waals surface area contributed by atoms with Gasteiger partial charge in [-0.25, -0.2) is 0 Å².